The Morgan fingerprint density at radius 3 is 2.59 bits per heavy atom. The van der Waals surface area contributed by atoms with Gasteiger partial charge in [-0.15, -0.1) is 0 Å². The van der Waals surface area contributed by atoms with Gasteiger partial charge in [0.05, 0.1) is 17.9 Å². The van der Waals surface area contributed by atoms with Crippen molar-refractivity contribution in [3.05, 3.63) is 29.8 Å². The molecule has 17 heavy (non-hydrogen) atoms. The summed E-state index contributed by atoms with van der Waals surface area (Å²) < 4.78 is 30.3. The van der Waals surface area contributed by atoms with Gasteiger partial charge in [0.2, 0.25) is 10.0 Å². The second kappa shape index (κ2) is 4.37. The second-order valence-electron chi connectivity index (χ2n) is 3.88. The number of methoxy groups -OCH3 is 1. The zero-order chi connectivity index (χ0) is 12.5. The Morgan fingerprint density at radius 2 is 2.00 bits per heavy atom. The molecule has 0 heterocycles. The Labute approximate surface area is 99.8 Å². The highest BCUT2D eigenvalue weighted by atomic mass is 32.2. The largest absolute Gasteiger partial charge is 0.496 e. The van der Waals surface area contributed by atoms with E-state index in [-0.39, 0.29) is 5.56 Å². The quantitative estimate of drug-likeness (QED) is 0.868. The molecule has 1 N–H and O–H groups in total. The maximum absolute atomic E-state index is 11.8. The molecule has 0 aliphatic heterocycles. The highest BCUT2D eigenvalue weighted by Gasteiger charge is 2.37. The van der Waals surface area contributed by atoms with E-state index in [1.165, 1.54) is 13.2 Å². The molecule has 2 rings (SSSR count). The standard InChI is InChI=1S/C11H13NO4S/c1-16-10-5-3-2-4-9(10)11(13)12-17(14,15)8-6-7-8/h2-5,8H,6-7H2,1H3,(H,12,13). The van der Waals surface area contributed by atoms with Crippen LogP contribution in [0.25, 0.3) is 0 Å². The summed E-state index contributed by atoms with van der Waals surface area (Å²) in [5.74, 6) is -0.287. The molecule has 0 radical (unpaired) electrons. The molecule has 1 amide bonds. The van der Waals surface area contributed by atoms with E-state index in [0.29, 0.717) is 18.6 Å². The van der Waals surface area contributed by atoms with Crippen LogP contribution in [-0.4, -0.2) is 26.7 Å². The van der Waals surface area contributed by atoms with Gasteiger partial charge in [0.25, 0.3) is 5.91 Å². The molecule has 0 bridgehead atoms. The number of amides is 1. The fourth-order valence-corrected chi connectivity index (χ4v) is 2.77. The van der Waals surface area contributed by atoms with Crippen molar-refractivity contribution in [1.29, 1.82) is 0 Å². The Morgan fingerprint density at radius 1 is 1.35 bits per heavy atom. The zero-order valence-electron chi connectivity index (χ0n) is 9.34. The summed E-state index contributed by atoms with van der Waals surface area (Å²) in [6, 6.07) is 6.50. The first-order valence-corrected chi connectivity index (χ1v) is 6.78. The number of carbonyl (C=O) groups is 1. The number of carbonyl (C=O) groups excluding carboxylic acids is 1. The van der Waals surface area contributed by atoms with Gasteiger partial charge in [0.15, 0.2) is 0 Å². The van der Waals surface area contributed by atoms with E-state index in [1.807, 2.05) is 0 Å². The lowest BCUT2D eigenvalue weighted by Gasteiger charge is -2.08. The van der Waals surface area contributed by atoms with Crippen molar-refractivity contribution in [3.63, 3.8) is 0 Å². The Hall–Kier alpha value is -1.56. The number of hydrogen-bond acceptors (Lipinski definition) is 4. The number of sulfonamides is 1. The van der Waals surface area contributed by atoms with E-state index in [2.05, 4.69) is 4.72 Å². The van der Waals surface area contributed by atoms with Crippen LogP contribution in [0.5, 0.6) is 5.75 Å². The van der Waals surface area contributed by atoms with Gasteiger partial charge in [-0.3, -0.25) is 4.79 Å². The second-order valence-corrected chi connectivity index (χ2v) is 5.84. The number of hydrogen-bond donors (Lipinski definition) is 1. The maximum Gasteiger partial charge on any atom is 0.268 e. The highest BCUT2D eigenvalue weighted by molar-refractivity contribution is 7.91. The van der Waals surface area contributed by atoms with Crippen LogP contribution in [0, 0.1) is 0 Å². The minimum atomic E-state index is -3.51. The van der Waals surface area contributed by atoms with Crippen LogP contribution in [0.1, 0.15) is 23.2 Å². The summed E-state index contributed by atoms with van der Waals surface area (Å²) in [6.45, 7) is 0. The van der Waals surface area contributed by atoms with Crippen molar-refractivity contribution in [1.82, 2.24) is 4.72 Å². The van der Waals surface area contributed by atoms with Crippen LogP contribution in [0.3, 0.4) is 0 Å². The Bertz CT molecular complexity index is 534. The van der Waals surface area contributed by atoms with Crippen LogP contribution in [-0.2, 0) is 10.0 Å². The fourth-order valence-electron chi connectivity index (χ4n) is 1.48. The number of ether oxygens (including phenoxy) is 1. The van der Waals surface area contributed by atoms with Gasteiger partial charge in [-0.2, -0.15) is 0 Å². The number of benzene rings is 1. The van der Waals surface area contributed by atoms with Gasteiger partial charge >= 0.3 is 0 Å². The van der Waals surface area contributed by atoms with Crippen molar-refractivity contribution in [2.75, 3.05) is 7.11 Å². The minimum Gasteiger partial charge on any atom is -0.496 e. The lowest BCUT2D eigenvalue weighted by molar-refractivity contribution is 0.0978. The third-order valence-electron chi connectivity index (χ3n) is 2.55. The lowest BCUT2D eigenvalue weighted by Crippen LogP contribution is -2.33. The number of rotatable bonds is 4. The van der Waals surface area contributed by atoms with Gasteiger partial charge in [0.1, 0.15) is 5.75 Å². The van der Waals surface area contributed by atoms with E-state index >= 15 is 0 Å². The van der Waals surface area contributed by atoms with Crippen molar-refractivity contribution >= 4 is 15.9 Å². The molecule has 1 aliphatic rings. The summed E-state index contributed by atoms with van der Waals surface area (Å²) in [6.07, 6.45) is 1.24. The van der Waals surface area contributed by atoms with E-state index in [9.17, 15) is 13.2 Å². The molecular formula is C11H13NO4S. The van der Waals surface area contributed by atoms with Crippen LogP contribution in [0.2, 0.25) is 0 Å². The van der Waals surface area contributed by atoms with Crippen molar-refractivity contribution in [2.24, 2.45) is 0 Å². The molecule has 1 saturated carbocycles. The third kappa shape index (κ3) is 2.58. The normalized spacial score (nSPS) is 15.4. The molecule has 0 saturated heterocycles. The maximum atomic E-state index is 11.8. The Balaban J connectivity index is 2.20. The molecule has 1 fully saturated rings. The van der Waals surface area contributed by atoms with Crippen molar-refractivity contribution in [2.45, 2.75) is 18.1 Å². The summed E-state index contributed by atoms with van der Waals surface area (Å²) in [7, 11) is -2.08. The number of para-hydroxylation sites is 1. The summed E-state index contributed by atoms with van der Waals surface area (Å²) in [4.78, 5) is 11.8. The van der Waals surface area contributed by atoms with Gasteiger partial charge < -0.3 is 4.74 Å². The van der Waals surface area contributed by atoms with Crippen molar-refractivity contribution < 1.29 is 17.9 Å². The molecule has 1 aromatic carbocycles. The molecule has 0 spiro atoms. The molecule has 0 aromatic heterocycles. The minimum absolute atomic E-state index is 0.222. The highest BCUT2D eigenvalue weighted by Crippen LogP contribution is 2.28. The van der Waals surface area contributed by atoms with Crippen molar-refractivity contribution in [3.8, 4) is 5.75 Å². The Kier molecular flexibility index (Phi) is 3.06. The van der Waals surface area contributed by atoms with Crippen LogP contribution >= 0.6 is 0 Å². The number of nitrogens with one attached hydrogen (secondary N) is 1. The average molecular weight is 255 g/mol. The summed E-state index contributed by atoms with van der Waals surface area (Å²) >= 11 is 0. The first-order chi connectivity index (χ1) is 8.04. The van der Waals surface area contributed by atoms with Crippen LogP contribution < -0.4 is 9.46 Å². The van der Waals surface area contributed by atoms with E-state index in [1.54, 1.807) is 18.2 Å². The van der Waals surface area contributed by atoms with Gasteiger partial charge in [0, 0.05) is 0 Å². The average Bonchev–Trinajstić information content (AvgIpc) is 3.12. The van der Waals surface area contributed by atoms with E-state index in [0.717, 1.165) is 0 Å². The first kappa shape index (κ1) is 11.9. The molecule has 6 heteroatoms. The molecule has 1 aromatic rings. The van der Waals surface area contributed by atoms with Crippen LogP contribution in [0.15, 0.2) is 24.3 Å². The monoisotopic (exact) mass is 255 g/mol. The SMILES string of the molecule is COc1ccccc1C(=O)NS(=O)(=O)C1CC1. The van der Waals surface area contributed by atoms with Crippen LogP contribution in [0.4, 0.5) is 0 Å². The molecule has 5 nitrogen and oxygen atoms in total. The molecule has 92 valence electrons. The molecule has 0 atom stereocenters. The first-order valence-electron chi connectivity index (χ1n) is 5.23. The fraction of sp³-hybridized carbons (Fsp3) is 0.364. The molecule has 1 aliphatic carbocycles. The van der Waals surface area contributed by atoms with Gasteiger partial charge in [-0.25, -0.2) is 13.1 Å². The zero-order valence-corrected chi connectivity index (χ0v) is 10.2. The summed E-state index contributed by atoms with van der Waals surface area (Å²) in [5, 5.41) is -0.416. The third-order valence-corrected chi connectivity index (χ3v) is 4.37. The lowest BCUT2D eigenvalue weighted by atomic mass is 10.2. The predicted molar refractivity (Wildman–Crippen MR) is 62.4 cm³/mol. The summed E-state index contributed by atoms with van der Waals surface area (Å²) in [5.41, 5.74) is 0.222. The molecule has 0 unspecified atom stereocenters. The van der Waals surface area contributed by atoms with Gasteiger partial charge in [-0.05, 0) is 25.0 Å². The smallest absolute Gasteiger partial charge is 0.268 e. The topological polar surface area (TPSA) is 72.5 Å². The van der Waals surface area contributed by atoms with E-state index in [4.69, 9.17) is 4.74 Å². The van der Waals surface area contributed by atoms with Gasteiger partial charge in [-0.1, -0.05) is 12.1 Å². The van der Waals surface area contributed by atoms with E-state index < -0.39 is 21.2 Å². The molecular weight excluding hydrogens is 242 g/mol. The predicted octanol–water partition coefficient (Wildman–Crippen LogP) is 0.917.